The van der Waals surface area contributed by atoms with Gasteiger partial charge in [0.2, 0.25) is 5.91 Å². The van der Waals surface area contributed by atoms with Gasteiger partial charge in [0.1, 0.15) is 0 Å². The molecule has 1 amide bonds. The second-order valence-electron chi connectivity index (χ2n) is 7.66. The van der Waals surface area contributed by atoms with E-state index in [0.29, 0.717) is 24.0 Å². The fourth-order valence-electron chi connectivity index (χ4n) is 4.07. The van der Waals surface area contributed by atoms with Crippen molar-refractivity contribution in [1.29, 1.82) is 0 Å². The number of carbonyl (C=O) groups is 1. The first-order chi connectivity index (χ1) is 12.1. The van der Waals surface area contributed by atoms with E-state index in [4.69, 9.17) is 0 Å². The molecule has 0 spiro atoms. The van der Waals surface area contributed by atoms with E-state index in [1.807, 2.05) is 11.9 Å². The van der Waals surface area contributed by atoms with Crippen LogP contribution in [0, 0.1) is 5.92 Å². The highest BCUT2D eigenvalue weighted by Gasteiger charge is 2.28. The molecule has 0 aromatic heterocycles. The molecular weight excluding hydrogens is 312 g/mol. The minimum atomic E-state index is 0.204. The van der Waals surface area contributed by atoms with Crippen LogP contribution in [0.5, 0.6) is 0 Å². The van der Waals surface area contributed by atoms with Gasteiger partial charge in [-0.2, -0.15) is 0 Å². The summed E-state index contributed by atoms with van der Waals surface area (Å²) in [4.78, 5) is 14.5. The number of hydrogen-bond acceptors (Lipinski definition) is 4. The van der Waals surface area contributed by atoms with Gasteiger partial charge in [0.15, 0.2) is 0 Å². The molecule has 1 aromatic carbocycles. The summed E-state index contributed by atoms with van der Waals surface area (Å²) >= 11 is 0. The molecule has 0 aliphatic carbocycles. The van der Waals surface area contributed by atoms with E-state index in [-0.39, 0.29) is 5.92 Å². The SMILES string of the molecule is C[C@H]1C[C@@H](C(=O)N(C)CCCC2CC(c3ccccc3)NN2)CCN1. The van der Waals surface area contributed by atoms with Crippen LogP contribution in [0.1, 0.15) is 50.6 Å². The number of rotatable bonds is 6. The molecule has 3 rings (SSSR count). The minimum absolute atomic E-state index is 0.204. The van der Waals surface area contributed by atoms with Crippen LogP contribution in [0.3, 0.4) is 0 Å². The van der Waals surface area contributed by atoms with Crippen LogP contribution < -0.4 is 16.2 Å². The highest BCUT2D eigenvalue weighted by Crippen LogP contribution is 2.24. The quantitative estimate of drug-likeness (QED) is 0.741. The summed E-state index contributed by atoms with van der Waals surface area (Å²) < 4.78 is 0. The molecule has 1 aromatic rings. The van der Waals surface area contributed by atoms with Crippen LogP contribution in [0.4, 0.5) is 0 Å². The molecule has 3 N–H and O–H groups in total. The molecule has 5 heteroatoms. The average Bonchev–Trinajstić information content (AvgIpc) is 3.10. The van der Waals surface area contributed by atoms with E-state index >= 15 is 0 Å². The van der Waals surface area contributed by atoms with Crippen LogP contribution >= 0.6 is 0 Å². The maximum Gasteiger partial charge on any atom is 0.225 e. The van der Waals surface area contributed by atoms with Crippen LogP contribution in [-0.4, -0.2) is 43.0 Å². The van der Waals surface area contributed by atoms with Crippen LogP contribution in [0.2, 0.25) is 0 Å². The first-order valence-corrected chi connectivity index (χ1v) is 9.68. The number of hydrazine groups is 1. The van der Waals surface area contributed by atoms with Crippen LogP contribution in [0.15, 0.2) is 30.3 Å². The van der Waals surface area contributed by atoms with Crippen molar-refractivity contribution in [2.45, 2.75) is 57.2 Å². The Morgan fingerprint density at radius 2 is 2.00 bits per heavy atom. The second kappa shape index (κ2) is 8.79. The number of nitrogens with one attached hydrogen (secondary N) is 3. The monoisotopic (exact) mass is 344 g/mol. The van der Waals surface area contributed by atoms with E-state index in [0.717, 1.165) is 45.2 Å². The summed E-state index contributed by atoms with van der Waals surface area (Å²) in [6, 6.07) is 11.9. The third-order valence-electron chi connectivity index (χ3n) is 5.58. The Bertz CT molecular complexity index is 550. The second-order valence-corrected chi connectivity index (χ2v) is 7.66. The zero-order valence-corrected chi connectivity index (χ0v) is 15.5. The van der Waals surface area contributed by atoms with E-state index in [9.17, 15) is 4.79 Å². The molecule has 2 heterocycles. The highest BCUT2D eigenvalue weighted by molar-refractivity contribution is 5.78. The van der Waals surface area contributed by atoms with Crippen molar-refractivity contribution in [2.24, 2.45) is 5.92 Å². The van der Waals surface area contributed by atoms with Gasteiger partial charge in [-0.1, -0.05) is 30.3 Å². The Balaban J connectivity index is 1.37. The number of benzene rings is 1. The molecule has 5 nitrogen and oxygen atoms in total. The molecule has 2 fully saturated rings. The molecule has 138 valence electrons. The number of amides is 1. The van der Waals surface area contributed by atoms with E-state index in [1.54, 1.807) is 0 Å². The fraction of sp³-hybridized carbons (Fsp3) is 0.650. The normalized spacial score (nSPS) is 29.5. The molecule has 0 saturated carbocycles. The maximum atomic E-state index is 12.6. The molecular formula is C20H32N4O. The lowest BCUT2D eigenvalue weighted by Crippen LogP contribution is -2.43. The Morgan fingerprint density at radius 1 is 1.20 bits per heavy atom. The van der Waals surface area contributed by atoms with Crippen molar-refractivity contribution < 1.29 is 4.79 Å². The molecule has 2 unspecified atom stereocenters. The molecule has 25 heavy (non-hydrogen) atoms. The highest BCUT2D eigenvalue weighted by atomic mass is 16.2. The summed E-state index contributed by atoms with van der Waals surface area (Å²) in [5.41, 5.74) is 8.16. The first kappa shape index (κ1) is 18.4. The third-order valence-corrected chi connectivity index (χ3v) is 5.58. The van der Waals surface area contributed by atoms with Crippen LogP contribution in [0.25, 0.3) is 0 Å². The third kappa shape index (κ3) is 5.03. The van der Waals surface area contributed by atoms with Crippen molar-refractivity contribution in [3.05, 3.63) is 35.9 Å². The standard InChI is InChI=1S/C20H32N4O/c1-15-13-17(10-11-21-15)20(25)24(2)12-6-9-18-14-19(23-22-18)16-7-4-3-5-8-16/h3-5,7-8,15,17-19,21-23H,6,9-14H2,1-2H3/t15-,17-,18?,19?/m0/s1. The Morgan fingerprint density at radius 3 is 2.76 bits per heavy atom. The molecule has 2 saturated heterocycles. The van der Waals surface area contributed by atoms with Gasteiger partial charge in [-0.25, -0.2) is 0 Å². The minimum Gasteiger partial charge on any atom is -0.346 e. The topological polar surface area (TPSA) is 56.4 Å². The van der Waals surface area contributed by atoms with Gasteiger partial charge in [0.05, 0.1) is 0 Å². The van der Waals surface area contributed by atoms with Gasteiger partial charge < -0.3 is 10.2 Å². The average molecular weight is 345 g/mol. The summed E-state index contributed by atoms with van der Waals surface area (Å²) in [6.07, 6.45) is 5.18. The predicted octanol–water partition coefficient (Wildman–Crippen LogP) is 2.22. The lowest BCUT2D eigenvalue weighted by Gasteiger charge is -2.30. The largest absolute Gasteiger partial charge is 0.346 e. The summed E-state index contributed by atoms with van der Waals surface area (Å²) in [6.45, 7) is 3.98. The van der Waals surface area contributed by atoms with Gasteiger partial charge in [-0.05, 0) is 51.1 Å². The lowest BCUT2D eigenvalue weighted by molar-refractivity contribution is -0.135. The Labute approximate surface area is 151 Å². The fourth-order valence-corrected chi connectivity index (χ4v) is 4.07. The predicted molar refractivity (Wildman–Crippen MR) is 101 cm³/mol. The van der Waals surface area contributed by atoms with Gasteiger partial charge in [-0.3, -0.25) is 15.6 Å². The molecule has 4 atom stereocenters. The van der Waals surface area contributed by atoms with Gasteiger partial charge >= 0.3 is 0 Å². The van der Waals surface area contributed by atoms with Crippen molar-refractivity contribution in [2.75, 3.05) is 20.1 Å². The first-order valence-electron chi connectivity index (χ1n) is 9.68. The number of hydrogen-bond donors (Lipinski definition) is 3. The number of nitrogens with zero attached hydrogens (tertiary/aromatic N) is 1. The maximum absolute atomic E-state index is 12.6. The van der Waals surface area contributed by atoms with Gasteiger partial charge in [-0.15, -0.1) is 0 Å². The molecule has 2 aliphatic rings. The van der Waals surface area contributed by atoms with Gasteiger partial charge in [0, 0.05) is 37.6 Å². The zero-order valence-electron chi connectivity index (χ0n) is 15.5. The van der Waals surface area contributed by atoms with E-state index in [2.05, 4.69) is 53.4 Å². The summed E-state index contributed by atoms with van der Waals surface area (Å²) in [5.74, 6) is 0.531. The van der Waals surface area contributed by atoms with Crippen molar-refractivity contribution in [3.63, 3.8) is 0 Å². The van der Waals surface area contributed by atoms with Crippen LogP contribution in [-0.2, 0) is 4.79 Å². The molecule has 2 aliphatic heterocycles. The van der Waals surface area contributed by atoms with Crippen molar-refractivity contribution in [1.82, 2.24) is 21.1 Å². The smallest absolute Gasteiger partial charge is 0.225 e. The molecule has 0 bridgehead atoms. The van der Waals surface area contributed by atoms with E-state index in [1.165, 1.54) is 5.56 Å². The lowest BCUT2D eigenvalue weighted by atomic mass is 9.92. The zero-order chi connectivity index (χ0) is 17.6. The summed E-state index contributed by atoms with van der Waals surface area (Å²) in [5, 5.41) is 3.42. The van der Waals surface area contributed by atoms with Gasteiger partial charge in [0.25, 0.3) is 0 Å². The van der Waals surface area contributed by atoms with Crippen molar-refractivity contribution >= 4 is 5.91 Å². The Kier molecular flexibility index (Phi) is 6.45. The number of carbonyl (C=O) groups excluding carboxylic acids is 1. The van der Waals surface area contributed by atoms with Crippen molar-refractivity contribution in [3.8, 4) is 0 Å². The molecule has 0 radical (unpaired) electrons. The summed E-state index contributed by atoms with van der Waals surface area (Å²) in [7, 11) is 1.96. The van der Waals surface area contributed by atoms with E-state index < -0.39 is 0 Å². The Hall–Kier alpha value is -1.43. The number of piperidine rings is 1.